The van der Waals surface area contributed by atoms with Gasteiger partial charge in [0.2, 0.25) is 0 Å². The van der Waals surface area contributed by atoms with Crippen LogP contribution in [0.3, 0.4) is 0 Å². The second kappa shape index (κ2) is 5.88. The number of carbonyl (C=O) groups is 1. The molecule has 0 spiro atoms. The Morgan fingerprint density at radius 1 is 1.29 bits per heavy atom. The average molecular weight is 288 g/mol. The smallest absolute Gasteiger partial charge is 0.326 e. The molecule has 21 heavy (non-hydrogen) atoms. The van der Waals surface area contributed by atoms with Crippen LogP contribution in [0.15, 0.2) is 12.1 Å². The van der Waals surface area contributed by atoms with Crippen LogP contribution < -0.4 is 0 Å². The number of hydrogen-bond acceptors (Lipinski definition) is 2. The van der Waals surface area contributed by atoms with E-state index < -0.39 is 12.0 Å². The Labute approximate surface area is 125 Å². The third-order valence-electron chi connectivity index (χ3n) is 3.95. The van der Waals surface area contributed by atoms with Crippen LogP contribution in [0, 0.1) is 19.8 Å². The normalized spacial score (nSPS) is 13.0. The van der Waals surface area contributed by atoms with Gasteiger partial charge in [-0.2, -0.15) is 0 Å². The van der Waals surface area contributed by atoms with Crippen molar-refractivity contribution < 1.29 is 9.90 Å². The highest BCUT2D eigenvalue weighted by molar-refractivity contribution is 5.81. The van der Waals surface area contributed by atoms with Crippen LogP contribution >= 0.6 is 0 Å². The number of aryl methyl sites for hydroxylation is 2. The number of imidazole rings is 1. The summed E-state index contributed by atoms with van der Waals surface area (Å²) < 4.78 is 1.92. The molecule has 0 saturated carbocycles. The van der Waals surface area contributed by atoms with Gasteiger partial charge in [-0.05, 0) is 49.4 Å². The minimum atomic E-state index is -0.792. The van der Waals surface area contributed by atoms with E-state index in [-0.39, 0.29) is 0 Å². The first-order chi connectivity index (χ1) is 9.85. The minimum Gasteiger partial charge on any atom is -0.480 e. The van der Waals surface area contributed by atoms with Crippen molar-refractivity contribution in [3.8, 4) is 0 Å². The van der Waals surface area contributed by atoms with Gasteiger partial charge in [0.25, 0.3) is 0 Å². The summed E-state index contributed by atoms with van der Waals surface area (Å²) in [6.07, 6.45) is 1.34. The van der Waals surface area contributed by atoms with Gasteiger partial charge in [0.1, 0.15) is 11.9 Å². The van der Waals surface area contributed by atoms with Crippen molar-refractivity contribution in [2.24, 2.45) is 5.92 Å². The number of aromatic nitrogens is 2. The molecule has 0 saturated heterocycles. The van der Waals surface area contributed by atoms with Crippen LogP contribution in [-0.4, -0.2) is 20.6 Å². The average Bonchev–Trinajstić information content (AvgIpc) is 2.68. The maximum Gasteiger partial charge on any atom is 0.326 e. The molecule has 0 bridgehead atoms. The topological polar surface area (TPSA) is 55.1 Å². The molecule has 0 aliphatic carbocycles. The molecule has 114 valence electrons. The van der Waals surface area contributed by atoms with E-state index in [0.717, 1.165) is 23.3 Å². The summed E-state index contributed by atoms with van der Waals surface area (Å²) in [6.45, 7) is 10.3. The van der Waals surface area contributed by atoms with Gasteiger partial charge in [0.15, 0.2) is 0 Å². The maximum absolute atomic E-state index is 11.6. The van der Waals surface area contributed by atoms with Crippen LogP contribution in [0.1, 0.15) is 50.2 Å². The highest BCUT2D eigenvalue weighted by atomic mass is 16.4. The zero-order chi connectivity index (χ0) is 15.7. The van der Waals surface area contributed by atoms with Gasteiger partial charge >= 0.3 is 5.97 Å². The third-order valence-corrected chi connectivity index (χ3v) is 3.95. The fraction of sp³-hybridized carbons (Fsp3) is 0.529. The molecule has 1 atom stereocenters. The summed E-state index contributed by atoms with van der Waals surface area (Å²) in [6, 6.07) is 3.57. The van der Waals surface area contributed by atoms with Crippen molar-refractivity contribution in [1.82, 2.24) is 9.55 Å². The summed E-state index contributed by atoms with van der Waals surface area (Å²) in [5, 5.41) is 9.54. The van der Waals surface area contributed by atoms with Crippen molar-refractivity contribution in [2.45, 2.75) is 53.5 Å². The molecule has 0 aliphatic heterocycles. The summed E-state index contributed by atoms with van der Waals surface area (Å²) in [5.74, 6) is 0.522. The highest BCUT2D eigenvalue weighted by Crippen LogP contribution is 2.27. The number of nitrogens with zero attached hydrogens (tertiary/aromatic N) is 2. The van der Waals surface area contributed by atoms with Crippen molar-refractivity contribution in [1.29, 1.82) is 0 Å². The first kappa shape index (κ1) is 15.5. The Kier molecular flexibility index (Phi) is 4.35. The Hall–Kier alpha value is -1.84. The molecule has 4 nitrogen and oxygen atoms in total. The lowest BCUT2D eigenvalue weighted by Crippen LogP contribution is -2.21. The van der Waals surface area contributed by atoms with E-state index in [1.807, 2.05) is 11.5 Å². The predicted octanol–water partition coefficient (Wildman–Crippen LogP) is 3.89. The zero-order valence-electron chi connectivity index (χ0n) is 13.5. The summed E-state index contributed by atoms with van der Waals surface area (Å²) >= 11 is 0. The van der Waals surface area contributed by atoms with Crippen molar-refractivity contribution in [3.63, 3.8) is 0 Å². The number of aliphatic carboxylic acids is 1. The largest absolute Gasteiger partial charge is 0.480 e. The Bertz CT molecular complexity index is 671. The quantitative estimate of drug-likeness (QED) is 0.908. The molecule has 4 heteroatoms. The zero-order valence-corrected chi connectivity index (χ0v) is 13.5. The number of carboxylic acid groups (broad SMARTS) is 1. The molecule has 1 unspecified atom stereocenters. The molecule has 2 aromatic rings. The number of rotatable bonds is 5. The molecule has 0 amide bonds. The molecule has 0 fully saturated rings. The molecule has 2 rings (SSSR count). The van der Waals surface area contributed by atoms with Crippen molar-refractivity contribution in [3.05, 3.63) is 29.1 Å². The van der Waals surface area contributed by atoms with E-state index >= 15 is 0 Å². The van der Waals surface area contributed by atoms with Crippen molar-refractivity contribution >= 4 is 17.0 Å². The number of fused-ring (bicyclic) bond motifs is 1. The van der Waals surface area contributed by atoms with E-state index in [0.29, 0.717) is 12.3 Å². The molecule has 1 aromatic heterocycles. The summed E-state index contributed by atoms with van der Waals surface area (Å²) in [7, 11) is 0. The van der Waals surface area contributed by atoms with E-state index in [9.17, 15) is 9.90 Å². The third kappa shape index (κ3) is 2.94. The lowest BCUT2D eigenvalue weighted by atomic mass is 10.1. The minimum absolute atomic E-state index is 0.439. The van der Waals surface area contributed by atoms with Crippen LogP contribution in [-0.2, 0) is 11.2 Å². The van der Waals surface area contributed by atoms with E-state index in [2.05, 4.69) is 39.8 Å². The lowest BCUT2D eigenvalue weighted by Gasteiger charge is -2.17. The fourth-order valence-electron chi connectivity index (χ4n) is 2.72. The van der Waals surface area contributed by atoms with Gasteiger partial charge in [-0.3, -0.25) is 0 Å². The molecule has 1 N–H and O–H groups in total. The molecule has 1 aromatic carbocycles. The number of benzene rings is 1. The van der Waals surface area contributed by atoms with Gasteiger partial charge in [-0.1, -0.05) is 20.8 Å². The van der Waals surface area contributed by atoms with Gasteiger partial charge in [0, 0.05) is 6.42 Å². The first-order valence-electron chi connectivity index (χ1n) is 7.56. The summed E-state index contributed by atoms with van der Waals surface area (Å²) in [5.41, 5.74) is 4.18. The Morgan fingerprint density at radius 2 is 1.90 bits per heavy atom. The SMILES string of the molecule is CCC(C(=O)O)n1c(CC(C)C)nc2cc(C)c(C)cc21. The number of carboxylic acids is 1. The fourth-order valence-corrected chi connectivity index (χ4v) is 2.72. The van der Waals surface area contributed by atoms with Gasteiger partial charge in [-0.15, -0.1) is 0 Å². The molecular formula is C17H24N2O2. The van der Waals surface area contributed by atoms with Crippen LogP contribution in [0.4, 0.5) is 0 Å². The van der Waals surface area contributed by atoms with Gasteiger partial charge in [0.05, 0.1) is 11.0 Å². The molecule has 0 radical (unpaired) electrons. The predicted molar refractivity (Wildman–Crippen MR) is 84.7 cm³/mol. The van der Waals surface area contributed by atoms with Crippen LogP contribution in [0.5, 0.6) is 0 Å². The molecule has 0 aliphatic rings. The Balaban J connectivity index is 2.72. The second-order valence-electron chi connectivity index (χ2n) is 6.18. The lowest BCUT2D eigenvalue weighted by molar-refractivity contribution is -0.140. The van der Waals surface area contributed by atoms with E-state index in [4.69, 9.17) is 4.98 Å². The second-order valence-corrected chi connectivity index (χ2v) is 6.18. The number of hydrogen-bond donors (Lipinski definition) is 1. The van der Waals surface area contributed by atoms with Crippen LogP contribution in [0.2, 0.25) is 0 Å². The standard InChI is InChI=1S/C17H24N2O2/c1-6-14(17(20)21)19-15-9-12(5)11(4)8-13(15)18-16(19)7-10(2)3/h8-10,14H,6-7H2,1-5H3,(H,20,21). The van der Waals surface area contributed by atoms with Gasteiger partial charge < -0.3 is 9.67 Å². The molecular weight excluding hydrogens is 264 g/mol. The van der Waals surface area contributed by atoms with Gasteiger partial charge in [-0.25, -0.2) is 9.78 Å². The Morgan fingerprint density at radius 3 is 2.43 bits per heavy atom. The van der Waals surface area contributed by atoms with E-state index in [1.54, 1.807) is 0 Å². The van der Waals surface area contributed by atoms with E-state index in [1.165, 1.54) is 11.1 Å². The highest BCUT2D eigenvalue weighted by Gasteiger charge is 2.24. The monoisotopic (exact) mass is 288 g/mol. The summed E-state index contributed by atoms with van der Waals surface area (Å²) in [4.78, 5) is 16.3. The molecule has 1 heterocycles. The van der Waals surface area contributed by atoms with Crippen molar-refractivity contribution in [2.75, 3.05) is 0 Å². The maximum atomic E-state index is 11.6. The van der Waals surface area contributed by atoms with Crippen LogP contribution in [0.25, 0.3) is 11.0 Å². The first-order valence-corrected chi connectivity index (χ1v) is 7.56.